The Morgan fingerprint density at radius 2 is 2.12 bits per heavy atom. The van der Waals surface area contributed by atoms with Crippen LogP contribution in [-0.4, -0.2) is 16.8 Å². The summed E-state index contributed by atoms with van der Waals surface area (Å²) in [5.74, 6) is -0.168. The summed E-state index contributed by atoms with van der Waals surface area (Å²) in [6.07, 6.45) is 1.62. The van der Waals surface area contributed by atoms with E-state index in [0.717, 1.165) is 4.90 Å². The largest absolute Gasteiger partial charge is 0.397 e. The first kappa shape index (κ1) is 12.0. The molecule has 0 unspecified atom stereocenters. The van der Waals surface area contributed by atoms with Crippen molar-refractivity contribution in [1.82, 2.24) is 4.98 Å². The first-order chi connectivity index (χ1) is 7.83. The van der Waals surface area contributed by atoms with Crippen LogP contribution >= 0.6 is 15.9 Å². The molecular weight excluding hydrogens is 286 g/mol. The third-order valence-electron chi connectivity index (χ3n) is 2.68. The standard InChI is InChI=1S/C11H12BrN3O2/c1-11(2)4-8(16)15(10(11)17)9-7(12)3-6(13)5-14-9/h3,5H,4,13H2,1-2H3. The van der Waals surface area contributed by atoms with Crippen molar-refractivity contribution < 1.29 is 9.59 Å². The fourth-order valence-corrected chi connectivity index (χ4v) is 2.32. The van der Waals surface area contributed by atoms with Crippen LogP contribution in [0.4, 0.5) is 11.5 Å². The first-order valence-corrected chi connectivity index (χ1v) is 5.90. The highest BCUT2D eigenvalue weighted by Crippen LogP contribution is 2.37. The molecule has 1 fully saturated rings. The van der Waals surface area contributed by atoms with Gasteiger partial charge in [-0.25, -0.2) is 9.88 Å². The second-order valence-electron chi connectivity index (χ2n) is 4.67. The molecule has 1 aliphatic heterocycles. The molecule has 1 aliphatic rings. The van der Waals surface area contributed by atoms with E-state index in [9.17, 15) is 9.59 Å². The molecule has 1 aromatic heterocycles. The van der Waals surface area contributed by atoms with E-state index >= 15 is 0 Å². The topological polar surface area (TPSA) is 76.3 Å². The number of amides is 2. The van der Waals surface area contributed by atoms with Gasteiger partial charge < -0.3 is 5.73 Å². The van der Waals surface area contributed by atoms with Crippen LogP contribution in [0.2, 0.25) is 0 Å². The fourth-order valence-electron chi connectivity index (χ4n) is 1.77. The van der Waals surface area contributed by atoms with Crippen LogP contribution in [0.15, 0.2) is 16.7 Å². The number of halogens is 1. The number of nitrogens with two attached hydrogens (primary N) is 1. The summed E-state index contributed by atoms with van der Waals surface area (Å²) in [4.78, 5) is 29.1. The molecule has 0 atom stereocenters. The molecule has 2 heterocycles. The molecule has 0 spiro atoms. The first-order valence-electron chi connectivity index (χ1n) is 5.11. The number of imide groups is 1. The molecule has 0 aliphatic carbocycles. The Bertz CT molecular complexity index is 513. The van der Waals surface area contributed by atoms with Crippen molar-refractivity contribution in [1.29, 1.82) is 0 Å². The third-order valence-corrected chi connectivity index (χ3v) is 3.26. The lowest BCUT2D eigenvalue weighted by Crippen LogP contribution is -2.33. The zero-order chi connectivity index (χ0) is 12.8. The van der Waals surface area contributed by atoms with Crippen molar-refractivity contribution in [3.05, 3.63) is 16.7 Å². The van der Waals surface area contributed by atoms with Crippen LogP contribution in [0.5, 0.6) is 0 Å². The zero-order valence-corrected chi connectivity index (χ0v) is 11.1. The number of nitrogen functional groups attached to an aromatic ring is 1. The summed E-state index contributed by atoms with van der Waals surface area (Å²) < 4.78 is 0.539. The summed E-state index contributed by atoms with van der Waals surface area (Å²) in [5.41, 5.74) is 5.37. The van der Waals surface area contributed by atoms with Crippen LogP contribution in [0.3, 0.4) is 0 Å². The normalized spacial score (nSPS) is 18.9. The minimum atomic E-state index is -0.667. The zero-order valence-electron chi connectivity index (χ0n) is 9.53. The lowest BCUT2D eigenvalue weighted by molar-refractivity contribution is -0.124. The lowest BCUT2D eigenvalue weighted by atomic mass is 9.92. The molecule has 1 aromatic rings. The monoisotopic (exact) mass is 297 g/mol. The number of rotatable bonds is 1. The highest BCUT2D eigenvalue weighted by Gasteiger charge is 2.46. The van der Waals surface area contributed by atoms with E-state index in [1.165, 1.54) is 6.20 Å². The molecule has 0 bridgehead atoms. The van der Waals surface area contributed by atoms with Gasteiger partial charge in [0.15, 0.2) is 5.82 Å². The number of hydrogen-bond acceptors (Lipinski definition) is 4. The Balaban J connectivity index is 2.48. The second-order valence-corrected chi connectivity index (χ2v) is 5.52. The number of anilines is 2. The van der Waals surface area contributed by atoms with Crippen molar-refractivity contribution in [2.24, 2.45) is 5.41 Å². The molecule has 2 amide bonds. The van der Waals surface area contributed by atoms with Crippen LogP contribution in [0, 0.1) is 5.41 Å². The average Bonchev–Trinajstić information content (AvgIpc) is 2.39. The Kier molecular flexibility index (Phi) is 2.69. The summed E-state index contributed by atoms with van der Waals surface area (Å²) in [6.45, 7) is 3.50. The number of nitrogens with zero attached hydrogens (tertiary/aromatic N) is 2. The molecular formula is C11H12BrN3O2. The van der Waals surface area contributed by atoms with Crippen molar-refractivity contribution in [3.8, 4) is 0 Å². The lowest BCUT2D eigenvalue weighted by Gasteiger charge is -2.17. The van der Waals surface area contributed by atoms with Gasteiger partial charge in [0.1, 0.15) is 0 Å². The predicted molar refractivity (Wildman–Crippen MR) is 67.2 cm³/mol. The molecule has 6 heteroatoms. The summed E-state index contributed by atoms with van der Waals surface area (Å²) in [7, 11) is 0. The van der Waals surface area contributed by atoms with Gasteiger partial charge in [-0.3, -0.25) is 9.59 Å². The van der Waals surface area contributed by atoms with Gasteiger partial charge in [-0.2, -0.15) is 0 Å². The minimum absolute atomic E-state index is 0.199. The minimum Gasteiger partial charge on any atom is -0.397 e. The molecule has 0 aromatic carbocycles. The Labute approximate surface area is 107 Å². The SMILES string of the molecule is CC1(C)CC(=O)N(c2ncc(N)cc2Br)C1=O. The number of pyridine rings is 1. The maximum Gasteiger partial charge on any atom is 0.241 e. The predicted octanol–water partition coefficient (Wildman–Crippen LogP) is 1.72. The summed E-state index contributed by atoms with van der Waals surface area (Å²) in [5, 5.41) is 0. The van der Waals surface area contributed by atoms with E-state index in [-0.39, 0.29) is 18.2 Å². The molecule has 0 radical (unpaired) electrons. The van der Waals surface area contributed by atoms with Crippen molar-refractivity contribution in [2.45, 2.75) is 20.3 Å². The number of aromatic nitrogens is 1. The fraction of sp³-hybridized carbons (Fsp3) is 0.364. The molecule has 1 saturated heterocycles. The molecule has 5 nitrogen and oxygen atoms in total. The number of carbonyl (C=O) groups is 2. The van der Waals surface area contributed by atoms with E-state index < -0.39 is 5.41 Å². The molecule has 2 N–H and O–H groups in total. The molecule has 17 heavy (non-hydrogen) atoms. The maximum absolute atomic E-state index is 12.1. The van der Waals surface area contributed by atoms with Crippen LogP contribution in [0.25, 0.3) is 0 Å². The van der Waals surface area contributed by atoms with Gasteiger partial charge in [0.2, 0.25) is 11.8 Å². The van der Waals surface area contributed by atoms with Crippen LogP contribution in [-0.2, 0) is 9.59 Å². The van der Waals surface area contributed by atoms with E-state index in [4.69, 9.17) is 5.73 Å². The molecule has 2 rings (SSSR count). The van der Waals surface area contributed by atoms with E-state index in [1.807, 2.05) is 0 Å². The quantitative estimate of drug-likeness (QED) is 0.801. The number of hydrogen-bond donors (Lipinski definition) is 1. The third kappa shape index (κ3) is 1.93. The van der Waals surface area contributed by atoms with E-state index in [0.29, 0.717) is 16.0 Å². The maximum atomic E-state index is 12.1. The van der Waals surface area contributed by atoms with Crippen LogP contribution < -0.4 is 10.6 Å². The summed E-state index contributed by atoms with van der Waals surface area (Å²) >= 11 is 3.26. The Morgan fingerprint density at radius 3 is 2.59 bits per heavy atom. The van der Waals surface area contributed by atoms with Gasteiger partial charge in [0.05, 0.1) is 21.8 Å². The number of carbonyl (C=O) groups excluding carboxylic acids is 2. The Hall–Kier alpha value is -1.43. The van der Waals surface area contributed by atoms with Crippen molar-refractivity contribution in [3.63, 3.8) is 0 Å². The van der Waals surface area contributed by atoms with Crippen molar-refractivity contribution in [2.75, 3.05) is 10.6 Å². The van der Waals surface area contributed by atoms with Gasteiger partial charge >= 0.3 is 0 Å². The van der Waals surface area contributed by atoms with Gasteiger partial charge in [-0.05, 0) is 22.0 Å². The van der Waals surface area contributed by atoms with Crippen LogP contribution in [0.1, 0.15) is 20.3 Å². The molecule has 0 saturated carbocycles. The van der Waals surface area contributed by atoms with E-state index in [2.05, 4.69) is 20.9 Å². The van der Waals surface area contributed by atoms with Gasteiger partial charge in [-0.15, -0.1) is 0 Å². The highest BCUT2D eigenvalue weighted by atomic mass is 79.9. The summed E-state index contributed by atoms with van der Waals surface area (Å²) in [6, 6.07) is 1.62. The molecule has 90 valence electrons. The smallest absolute Gasteiger partial charge is 0.241 e. The Morgan fingerprint density at radius 1 is 1.47 bits per heavy atom. The second kappa shape index (κ2) is 3.80. The van der Waals surface area contributed by atoms with E-state index in [1.54, 1.807) is 19.9 Å². The van der Waals surface area contributed by atoms with Gasteiger partial charge in [0.25, 0.3) is 0 Å². The van der Waals surface area contributed by atoms with Gasteiger partial charge in [0, 0.05) is 6.42 Å². The average molecular weight is 298 g/mol. The highest BCUT2D eigenvalue weighted by molar-refractivity contribution is 9.10. The van der Waals surface area contributed by atoms with Gasteiger partial charge in [-0.1, -0.05) is 13.8 Å². The van der Waals surface area contributed by atoms with Crippen molar-refractivity contribution >= 4 is 39.2 Å².